The number of carbonyl (C=O) groups excluding carboxylic acids is 1. The molecule has 1 amide bonds. The first-order valence-electron chi connectivity index (χ1n) is 9.66. The van der Waals surface area contributed by atoms with Gasteiger partial charge in [0.2, 0.25) is 0 Å². The van der Waals surface area contributed by atoms with Crippen molar-refractivity contribution < 1.29 is 22.2 Å². The Morgan fingerprint density at radius 2 is 2.10 bits per heavy atom. The summed E-state index contributed by atoms with van der Waals surface area (Å²) in [4.78, 5) is 15.0. The molecule has 2 atom stereocenters. The van der Waals surface area contributed by atoms with Gasteiger partial charge in [0.1, 0.15) is 5.70 Å². The lowest BCUT2D eigenvalue weighted by atomic mass is 9.90. The van der Waals surface area contributed by atoms with E-state index in [4.69, 9.17) is 15.9 Å². The molecule has 2 aromatic rings. The summed E-state index contributed by atoms with van der Waals surface area (Å²) in [6.45, 7) is 0.451. The lowest BCUT2D eigenvalue weighted by Gasteiger charge is -2.46. The first-order valence-corrected chi connectivity index (χ1v) is 10.8. The van der Waals surface area contributed by atoms with Crippen LogP contribution in [0.5, 0.6) is 0 Å². The van der Waals surface area contributed by atoms with E-state index in [1.54, 1.807) is 17.0 Å². The molecule has 0 saturated carbocycles. The summed E-state index contributed by atoms with van der Waals surface area (Å²) < 4.78 is 47.2. The van der Waals surface area contributed by atoms with Gasteiger partial charge in [0.25, 0.3) is 5.91 Å². The minimum atomic E-state index is -4.64. The zero-order valence-electron chi connectivity index (χ0n) is 16.3. The lowest BCUT2D eigenvalue weighted by Crippen LogP contribution is -2.52. The Labute approximate surface area is 185 Å². The van der Waals surface area contributed by atoms with Gasteiger partial charge in [-0.1, -0.05) is 17.7 Å². The number of benzene rings is 1. The van der Waals surface area contributed by atoms with Crippen LogP contribution in [0.1, 0.15) is 52.9 Å². The smallest absolute Gasteiger partial charge is 0.324 e. The largest absolute Gasteiger partial charge is 0.417 e. The van der Waals surface area contributed by atoms with Gasteiger partial charge in [-0.05, 0) is 31.4 Å². The van der Waals surface area contributed by atoms with E-state index in [-0.39, 0.29) is 17.6 Å². The number of nitrogens with zero attached hydrogens (tertiary/aromatic N) is 5. The fraction of sp³-hybridized carbons (Fsp3) is 0.421. The molecule has 1 aromatic heterocycles. The maximum absolute atomic E-state index is 13.4. The average Bonchev–Trinajstić information content (AvgIpc) is 3.32. The van der Waals surface area contributed by atoms with E-state index in [1.807, 2.05) is 9.98 Å². The molecule has 5 rings (SSSR count). The number of hydroxylamine groups is 2. The van der Waals surface area contributed by atoms with Gasteiger partial charge >= 0.3 is 6.18 Å². The molecule has 3 aliphatic rings. The number of hydrogen-bond donors (Lipinski definition) is 0. The van der Waals surface area contributed by atoms with Gasteiger partial charge in [-0.25, -0.2) is 5.06 Å². The third-order valence-corrected chi connectivity index (χ3v) is 6.90. The first-order chi connectivity index (χ1) is 14.8. The molecule has 0 radical (unpaired) electrons. The van der Waals surface area contributed by atoms with Crippen molar-refractivity contribution >= 4 is 35.2 Å². The van der Waals surface area contributed by atoms with Gasteiger partial charge in [-0.3, -0.25) is 4.79 Å². The molecule has 4 heterocycles. The molecule has 3 aliphatic heterocycles. The molecule has 1 aromatic carbocycles. The van der Waals surface area contributed by atoms with Gasteiger partial charge in [0.05, 0.1) is 40.3 Å². The Bertz CT molecular complexity index is 1090. The Kier molecular flexibility index (Phi) is 4.94. The third kappa shape index (κ3) is 3.30. The molecule has 1 saturated heterocycles. The minimum Gasteiger partial charge on any atom is -0.324 e. The van der Waals surface area contributed by atoms with Crippen LogP contribution in [0.3, 0.4) is 0 Å². The number of piperidine rings is 1. The van der Waals surface area contributed by atoms with E-state index in [0.29, 0.717) is 24.6 Å². The molecule has 12 heteroatoms. The highest BCUT2D eigenvalue weighted by atomic mass is 35.5. The second kappa shape index (κ2) is 7.42. The molecule has 7 nitrogen and oxygen atoms in total. The number of alkyl halides is 3. The van der Waals surface area contributed by atoms with E-state index < -0.39 is 22.7 Å². The maximum Gasteiger partial charge on any atom is 0.417 e. The standard InChI is InChI=1S/C19H17ClF3N5O2S/c1-26-14(9-31-30-26)17-25-24-16-13-7-2-4-10(8-27(16)17)28(13)18(29)11-5-3-6-12(15(11)20)19(21,22)23/h3,5-6,9-10,13H,2,4,7-8H2,1H3. The summed E-state index contributed by atoms with van der Waals surface area (Å²) in [5, 5.41) is 11.5. The second-order valence-corrected chi connectivity index (χ2v) is 8.60. The molecule has 2 bridgehead atoms. The molecule has 31 heavy (non-hydrogen) atoms. The Morgan fingerprint density at radius 3 is 2.81 bits per heavy atom. The molecular formula is C19H17ClF3N5O2S. The van der Waals surface area contributed by atoms with Crippen LogP contribution in [0, 0.1) is 0 Å². The average molecular weight is 472 g/mol. The van der Waals surface area contributed by atoms with Gasteiger partial charge < -0.3 is 9.47 Å². The van der Waals surface area contributed by atoms with Gasteiger partial charge in [0, 0.05) is 19.0 Å². The summed E-state index contributed by atoms with van der Waals surface area (Å²) in [5.41, 5.74) is -0.395. The van der Waals surface area contributed by atoms with E-state index in [2.05, 4.69) is 10.2 Å². The van der Waals surface area contributed by atoms with Crippen LogP contribution < -0.4 is 0 Å². The Morgan fingerprint density at radius 1 is 1.29 bits per heavy atom. The highest BCUT2D eigenvalue weighted by Gasteiger charge is 2.44. The molecule has 1 fully saturated rings. The second-order valence-electron chi connectivity index (χ2n) is 7.64. The van der Waals surface area contributed by atoms with Gasteiger partial charge in [-0.2, -0.15) is 17.5 Å². The number of rotatable bonds is 2. The minimum absolute atomic E-state index is 0.149. The zero-order valence-corrected chi connectivity index (χ0v) is 17.8. The number of amides is 1. The molecule has 0 spiro atoms. The van der Waals surface area contributed by atoms with Crippen LogP contribution in [0.2, 0.25) is 5.02 Å². The predicted octanol–water partition coefficient (Wildman–Crippen LogP) is 4.52. The molecule has 2 unspecified atom stereocenters. The van der Waals surface area contributed by atoms with Crippen LogP contribution in [0.4, 0.5) is 13.2 Å². The molecular weight excluding hydrogens is 455 g/mol. The van der Waals surface area contributed by atoms with Crippen molar-refractivity contribution in [2.24, 2.45) is 0 Å². The number of hydrogen-bond acceptors (Lipinski definition) is 6. The van der Waals surface area contributed by atoms with E-state index in [0.717, 1.165) is 24.6 Å². The van der Waals surface area contributed by atoms with Crippen molar-refractivity contribution in [1.82, 2.24) is 24.7 Å². The van der Waals surface area contributed by atoms with Crippen LogP contribution in [-0.2, 0) is 17.0 Å². The van der Waals surface area contributed by atoms with E-state index in [9.17, 15) is 18.0 Å². The van der Waals surface area contributed by atoms with Crippen LogP contribution in [-0.4, -0.2) is 43.7 Å². The van der Waals surface area contributed by atoms with Gasteiger partial charge in [0.15, 0.2) is 11.6 Å². The molecule has 0 N–H and O–H groups in total. The SMILES string of the molecule is CN1OSC=C1c1nnc2n1CC1CCCC2N1C(=O)c1cccc(C(F)(F)F)c1Cl. The maximum atomic E-state index is 13.4. The fourth-order valence-corrected chi connectivity index (χ4v) is 5.37. The Balaban J connectivity index is 1.53. The van der Waals surface area contributed by atoms with Crippen molar-refractivity contribution in [3.8, 4) is 0 Å². The number of halogens is 4. The summed E-state index contributed by atoms with van der Waals surface area (Å²) in [7, 11) is 1.77. The normalized spacial score (nSPS) is 23.1. The number of aromatic nitrogens is 3. The van der Waals surface area contributed by atoms with E-state index in [1.165, 1.54) is 24.2 Å². The van der Waals surface area contributed by atoms with Crippen molar-refractivity contribution in [3.05, 3.63) is 51.4 Å². The third-order valence-electron chi connectivity index (χ3n) is 5.87. The van der Waals surface area contributed by atoms with Crippen molar-refractivity contribution in [3.63, 3.8) is 0 Å². The van der Waals surface area contributed by atoms with Crippen LogP contribution >= 0.6 is 23.6 Å². The highest BCUT2D eigenvalue weighted by molar-refractivity contribution is 7.97. The topological polar surface area (TPSA) is 63.5 Å². The van der Waals surface area contributed by atoms with E-state index >= 15 is 0 Å². The van der Waals surface area contributed by atoms with Crippen molar-refractivity contribution in [1.29, 1.82) is 0 Å². The number of carbonyl (C=O) groups is 1. The predicted molar refractivity (Wildman–Crippen MR) is 107 cm³/mol. The summed E-state index contributed by atoms with van der Waals surface area (Å²) in [6, 6.07) is 2.85. The molecule has 164 valence electrons. The highest BCUT2D eigenvalue weighted by Crippen LogP contribution is 2.43. The monoisotopic (exact) mass is 471 g/mol. The quantitative estimate of drug-likeness (QED) is 0.600. The number of fused-ring (bicyclic) bond motifs is 4. The van der Waals surface area contributed by atoms with Crippen molar-refractivity contribution in [2.45, 2.75) is 44.1 Å². The lowest BCUT2D eigenvalue weighted by molar-refractivity contribution is -0.137. The summed E-state index contributed by atoms with van der Waals surface area (Å²) in [6.07, 6.45) is -2.37. The Hall–Kier alpha value is -2.24. The molecule has 0 aliphatic carbocycles. The summed E-state index contributed by atoms with van der Waals surface area (Å²) in [5.74, 6) is 0.745. The van der Waals surface area contributed by atoms with Gasteiger partial charge in [-0.15, -0.1) is 10.2 Å². The first kappa shape index (κ1) is 20.7. The van der Waals surface area contributed by atoms with Crippen LogP contribution in [0.25, 0.3) is 5.70 Å². The zero-order chi connectivity index (χ0) is 21.9. The van der Waals surface area contributed by atoms with Crippen LogP contribution in [0.15, 0.2) is 23.6 Å². The van der Waals surface area contributed by atoms with Crippen molar-refractivity contribution in [2.75, 3.05) is 7.05 Å². The fourth-order valence-electron chi connectivity index (χ4n) is 4.46. The summed E-state index contributed by atoms with van der Waals surface area (Å²) >= 11 is 7.22.